The molecule has 0 saturated heterocycles. The molecule has 4 aliphatic carbocycles. The molecule has 4 fully saturated rings. The first-order valence-electron chi connectivity index (χ1n) is 8.27. The molecule has 0 aromatic heterocycles. The highest BCUT2D eigenvalue weighted by molar-refractivity contribution is 5.85. The van der Waals surface area contributed by atoms with Crippen LogP contribution in [0.25, 0.3) is 0 Å². The molecular formula is C16H32Cl2N2. The van der Waals surface area contributed by atoms with Crippen LogP contribution in [-0.2, 0) is 0 Å². The molecule has 0 aliphatic heterocycles. The fraction of sp³-hybridized carbons (Fsp3) is 1.00. The Labute approximate surface area is 136 Å². The van der Waals surface area contributed by atoms with Gasteiger partial charge in [-0.25, -0.2) is 0 Å². The van der Waals surface area contributed by atoms with E-state index in [0.717, 1.165) is 23.7 Å². The lowest BCUT2D eigenvalue weighted by Gasteiger charge is -2.11. The molecule has 4 N–H and O–H groups in total. The molecule has 0 radical (unpaired) electrons. The van der Waals surface area contributed by atoms with Crippen molar-refractivity contribution in [3.63, 3.8) is 0 Å². The number of fused-ring (bicyclic) bond motifs is 2. The second-order valence-corrected chi connectivity index (χ2v) is 7.19. The molecule has 20 heavy (non-hydrogen) atoms. The van der Waals surface area contributed by atoms with Gasteiger partial charge in [-0.15, -0.1) is 24.8 Å². The van der Waals surface area contributed by atoms with E-state index in [1.807, 2.05) is 0 Å². The molecule has 120 valence electrons. The van der Waals surface area contributed by atoms with Crippen molar-refractivity contribution in [3.05, 3.63) is 0 Å². The minimum Gasteiger partial charge on any atom is -0.327 e. The molecule has 4 saturated carbocycles. The molecule has 0 spiro atoms. The molecule has 0 bridgehead atoms. The van der Waals surface area contributed by atoms with E-state index in [9.17, 15) is 0 Å². The van der Waals surface area contributed by atoms with Crippen molar-refractivity contribution in [2.75, 3.05) is 0 Å². The zero-order chi connectivity index (χ0) is 12.5. The van der Waals surface area contributed by atoms with Gasteiger partial charge in [-0.2, -0.15) is 0 Å². The van der Waals surface area contributed by atoms with Crippen molar-refractivity contribution in [1.29, 1.82) is 0 Å². The summed E-state index contributed by atoms with van der Waals surface area (Å²) in [5, 5.41) is 0. The van der Waals surface area contributed by atoms with Crippen LogP contribution in [0.2, 0.25) is 0 Å². The van der Waals surface area contributed by atoms with Gasteiger partial charge in [0.2, 0.25) is 0 Å². The Morgan fingerprint density at radius 2 is 0.900 bits per heavy atom. The minimum atomic E-state index is 0. The summed E-state index contributed by atoms with van der Waals surface area (Å²) in [4.78, 5) is 0. The monoisotopic (exact) mass is 322 g/mol. The number of nitrogens with two attached hydrogens (primary N) is 2. The maximum atomic E-state index is 5.92. The fourth-order valence-electron chi connectivity index (χ4n) is 5.22. The SMILES string of the molecule is Cl.Cl.NC1CC[C@@H]2CCC[C@@H]12.NC1CC[C@H]2CCC[C@H]12. The van der Waals surface area contributed by atoms with Crippen LogP contribution < -0.4 is 11.5 Å². The lowest BCUT2D eigenvalue weighted by atomic mass is 9.98. The predicted octanol–water partition coefficient (Wildman–Crippen LogP) is 3.89. The van der Waals surface area contributed by atoms with E-state index in [-0.39, 0.29) is 24.8 Å². The van der Waals surface area contributed by atoms with Crippen molar-refractivity contribution < 1.29 is 0 Å². The zero-order valence-electron chi connectivity index (χ0n) is 12.5. The number of halogens is 2. The summed E-state index contributed by atoms with van der Waals surface area (Å²) in [6, 6.07) is 1.13. The number of hydrogen-bond donors (Lipinski definition) is 2. The molecule has 2 unspecified atom stereocenters. The van der Waals surface area contributed by atoms with Crippen molar-refractivity contribution in [3.8, 4) is 0 Å². The van der Waals surface area contributed by atoms with Crippen molar-refractivity contribution in [2.24, 2.45) is 35.1 Å². The third-order valence-corrected chi connectivity index (χ3v) is 6.28. The standard InChI is InChI=1S/2C8H15N.2ClH/c2*9-8-5-4-6-2-1-3-7(6)8;;/h2*6-8H,1-5,9H2;2*1H/t2*6-,7+,8?;;/m10../s1. The van der Waals surface area contributed by atoms with Crippen molar-refractivity contribution in [1.82, 2.24) is 0 Å². The molecule has 6 atom stereocenters. The van der Waals surface area contributed by atoms with E-state index < -0.39 is 0 Å². The first-order valence-corrected chi connectivity index (χ1v) is 8.27. The quantitative estimate of drug-likeness (QED) is 0.710. The topological polar surface area (TPSA) is 52.0 Å². The summed E-state index contributed by atoms with van der Waals surface area (Å²) in [5.41, 5.74) is 11.8. The van der Waals surface area contributed by atoms with Gasteiger partial charge in [-0.1, -0.05) is 25.7 Å². The molecule has 4 aliphatic rings. The first-order chi connectivity index (χ1) is 8.75. The Balaban J connectivity index is 0.000000182. The molecule has 0 heterocycles. The van der Waals surface area contributed by atoms with Crippen LogP contribution in [-0.4, -0.2) is 12.1 Å². The average molecular weight is 323 g/mol. The van der Waals surface area contributed by atoms with Crippen LogP contribution in [0, 0.1) is 23.7 Å². The third kappa shape index (κ3) is 3.82. The van der Waals surface area contributed by atoms with E-state index in [4.69, 9.17) is 11.5 Å². The Bertz CT molecular complexity index is 260. The Kier molecular flexibility index (Phi) is 7.62. The molecule has 2 nitrogen and oxygen atoms in total. The molecule has 4 rings (SSSR count). The van der Waals surface area contributed by atoms with E-state index in [2.05, 4.69) is 0 Å². The summed E-state index contributed by atoms with van der Waals surface area (Å²) in [5.74, 6) is 3.90. The summed E-state index contributed by atoms with van der Waals surface area (Å²) < 4.78 is 0. The first kappa shape index (κ1) is 18.5. The predicted molar refractivity (Wildman–Crippen MR) is 90.6 cm³/mol. The van der Waals surface area contributed by atoms with Crippen LogP contribution in [0.1, 0.15) is 64.2 Å². The van der Waals surface area contributed by atoms with Gasteiger partial charge in [0.15, 0.2) is 0 Å². The van der Waals surface area contributed by atoms with Crippen LogP contribution in [0.5, 0.6) is 0 Å². The van der Waals surface area contributed by atoms with Crippen LogP contribution in [0.4, 0.5) is 0 Å². The van der Waals surface area contributed by atoms with E-state index in [0.29, 0.717) is 12.1 Å². The maximum absolute atomic E-state index is 5.92. The number of hydrogen-bond acceptors (Lipinski definition) is 2. The van der Waals surface area contributed by atoms with Gasteiger partial charge >= 0.3 is 0 Å². The molecular weight excluding hydrogens is 291 g/mol. The summed E-state index contributed by atoms with van der Waals surface area (Å²) in [7, 11) is 0. The van der Waals surface area contributed by atoms with Gasteiger partial charge in [0.25, 0.3) is 0 Å². The molecule has 0 aromatic rings. The Morgan fingerprint density at radius 1 is 0.500 bits per heavy atom. The highest BCUT2D eigenvalue weighted by Crippen LogP contribution is 2.43. The lowest BCUT2D eigenvalue weighted by molar-refractivity contribution is 0.421. The molecule has 0 aromatic carbocycles. The maximum Gasteiger partial charge on any atom is 0.00699 e. The highest BCUT2D eigenvalue weighted by atomic mass is 35.5. The second-order valence-electron chi connectivity index (χ2n) is 7.19. The van der Waals surface area contributed by atoms with Crippen molar-refractivity contribution >= 4 is 24.8 Å². The molecule has 0 amide bonds. The highest BCUT2D eigenvalue weighted by Gasteiger charge is 2.37. The van der Waals surface area contributed by atoms with Gasteiger partial charge in [0.1, 0.15) is 0 Å². The fourth-order valence-corrected chi connectivity index (χ4v) is 5.22. The van der Waals surface area contributed by atoms with Crippen molar-refractivity contribution in [2.45, 2.75) is 76.3 Å². The summed E-state index contributed by atoms with van der Waals surface area (Å²) in [6.45, 7) is 0. The smallest absolute Gasteiger partial charge is 0.00699 e. The third-order valence-electron chi connectivity index (χ3n) is 6.28. The minimum absolute atomic E-state index is 0. The van der Waals surface area contributed by atoms with Crippen LogP contribution in [0.15, 0.2) is 0 Å². The Morgan fingerprint density at radius 3 is 1.25 bits per heavy atom. The Hall–Kier alpha value is 0.500. The summed E-state index contributed by atoms with van der Waals surface area (Å²) >= 11 is 0. The van der Waals surface area contributed by atoms with Gasteiger partial charge in [-0.3, -0.25) is 0 Å². The van der Waals surface area contributed by atoms with Crippen LogP contribution >= 0.6 is 24.8 Å². The van der Waals surface area contributed by atoms with Gasteiger partial charge in [0, 0.05) is 12.1 Å². The van der Waals surface area contributed by atoms with E-state index in [1.54, 1.807) is 0 Å². The van der Waals surface area contributed by atoms with E-state index in [1.165, 1.54) is 64.2 Å². The normalized spacial score (nSPS) is 44.7. The number of rotatable bonds is 0. The average Bonchev–Trinajstić information content (AvgIpc) is 3.06. The summed E-state index contributed by atoms with van der Waals surface area (Å²) in [6.07, 6.45) is 14.1. The van der Waals surface area contributed by atoms with Gasteiger partial charge < -0.3 is 11.5 Å². The van der Waals surface area contributed by atoms with E-state index >= 15 is 0 Å². The van der Waals surface area contributed by atoms with Crippen LogP contribution in [0.3, 0.4) is 0 Å². The zero-order valence-corrected chi connectivity index (χ0v) is 14.1. The van der Waals surface area contributed by atoms with Gasteiger partial charge in [-0.05, 0) is 62.2 Å². The van der Waals surface area contributed by atoms with Gasteiger partial charge in [0.05, 0.1) is 0 Å². The molecule has 4 heteroatoms. The lowest BCUT2D eigenvalue weighted by Crippen LogP contribution is -2.24. The second kappa shape index (κ2) is 8.22. The largest absolute Gasteiger partial charge is 0.327 e.